The van der Waals surface area contributed by atoms with Gasteiger partial charge in [-0.05, 0) is 14.0 Å². The largest absolute Gasteiger partial charge is 0.401 e. The number of rotatable bonds is 4. The molecule has 0 aliphatic carbocycles. The van der Waals surface area contributed by atoms with E-state index in [-0.39, 0.29) is 6.54 Å². The zero-order valence-electron chi connectivity index (χ0n) is 7.56. The number of alkyl halides is 3. The van der Waals surface area contributed by atoms with Crippen LogP contribution in [0, 0.1) is 0 Å². The number of halogens is 3. The van der Waals surface area contributed by atoms with Crippen LogP contribution in [0.2, 0.25) is 0 Å². The third-order valence-corrected chi connectivity index (χ3v) is 1.33. The Bertz CT molecular complexity index is 179. The molecule has 3 nitrogen and oxygen atoms in total. The first-order chi connectivity index (χ1) is 5.66. The topological polar surface area (TPSA) is 46.3 Å². The molecule has 0 aliphatic rings. The lowest BCUT2D eigenvalue weighted by atomic mass is 10.1. The summed E-state index contributed by atoms with van der Waals surface area (Å²) in [6, 6.07) is 0. The molecule has 0 heterocycles. The molecule has 2 N–H and O–H groups in total. The van der Waals surface area contributed by atoms with Crippen molar-refractivity contribution in [2.24, 2.45) is 5.73 Å². The van der Waals surface area contributed by atoms with Crippen molar-refractivity contribution >= 4 is 6.29 Å². The summed E-state index contributed by atoms with van der Waals surface area (Å²) in [7, 11) is 1.27. The third-order valence-electron chi connectivity index (χ3n) is 1.33. The molecule has 6 heteroatoms. The number of nitrogens with two attached hydrogens (primary N) is 1. The van der Waals surface area contributed by atoms with Gasteiger partial charge >= 0.3 is 6.18 Å². The minimum atomic E-state index is -4.26. The molecule has 0 bridgehead atoms. The van der Waals surface area contributed by atoms with E-state index >= 15 is 0 Å². The van der Waals surface area contributed by atoms with Gasteiger partial charge in [-0.15, -0.1) is 0 Å². The van der Waals surface area contributed by atoms with E-state index < -0.39 is 18.3 Å². The molecular formula is C7H13F3N2O. The number of aldehydes is 1. The highest BCUT2D eigenvalue weighted by Crippen LogP contribution is 2.16. The molecule has 0 aromatic carbocycles. The fraction of sp³-hybridized carbons (Fsp3) is 0.857. The van der Waals surface area contributed by atoms with Crippen LogP contribution in [0.1, 0.15) is 6.92 Å². The summed E-state index contributed by atoms with van der Waals surface area (Å²) in [6.45, 7) is 0.205. The predicted octanol–water partition coefficient (Wildman–Crippen LogP) is 0.397. The highest BCUT2D eigenvalue weighted by Gasteiger charge is 2.31. The molecular weight excluding hydrogens is 185 g/mol. The summed E-state index contributed by atoms with van der Waals surface area (Å²) in [4.78, 5) is 11.3. The second-order valence-corrected chi connectivity index (χ2v) is 3.41. The van der Waals surface area contributed by atoms with Crippen LogP contribution in [0.15, 0.2) is 0 Å². The fourth-order valence-corrected chi connectivity index (χ4v) is 0.981. The maximum atomic E-state index is 11.8. The zero-order chi connectivity index (χ0) is 10.7. The Kier molecular flexibility index (Phi) is 3.87. The van der Waals surface area contributed by atoms with E-state index in [2.05, 4.69) is 0 Å². The average molecular weight is 198 g/mol. The number of nitrogens with zero attached hydrogens (tertiary/aromatic N) is 1. The van der Waals surface area contributed by atoms with Crippen molar-refractivity contribution < 1.29 is 18.0 Å². The van der Waals surface area contributed by atoms with Gasteiger partial charge < -0.3 is 10.5 Å². The van der Waals surface area contributed by atoms with Crippen LogP contribution < -0.4 is 5.73 Å². The summed E-state index contributed by atoms with van der Waals surface area (Å²) in [5, 5.41) is 0. The van der Waals surface area contributed by atoms with Gasteiger partial charge in [-0.25, -0.2) is 0 Å². The maximum Gasteiger partial charge on any atom is 0.401 e. The Morgan fingerprint density at radius 1 is 1.38 bits per heavy atom. The fourth-order valence-electron chi connectivity index (χ4n) is 0.981. The molecule has 0 aromatic rings. The normalized spacial score (nSPS) is 17.2. The average Bonchev–Trinajstić information content (AvgIpc) is 1.81. The Hall–Kier alpha value is -0.620. The molecule has 0 aliphatic heterocycles. The van der Waals surface area contributed by atoms with E-state index in [1.54, 1.807) is 0 Å². The summed E-state index contributed by atoms with van der Waals surface area (Å²) >= 11 is 0. The van der Waals surface area contributed by atoms with Crippen LogP contribution in [-0.2, 0) is 4.79 Å². The quantitative estimate of drug-likeness (QED) is 0.665. The number of carbonyl (C=O) groups is 1. The molecule has 78 valence electrons. The SMILES string of the molecule is CN(CC(F)(F)F)C[C@](C)(N)C=O. The van der Waals surface area contributed by atoms with Crippen LogP contribution in [-0.4, -0.2) is 43.0 Å². The van der Waals surface area contributed by atoms with E-state index in [9.17, 15) is 18.0 Å². The van der Waals surface area contributed by atoms with Crippen molar-refractivity contribution in [3.05, 3.63) is 0 Å². The van der Waals surface area contributed by atoms with Crippen molar-refractivity contribution in [3.63, 3.8) is 0 Å². The molecule has 0 spiro atoms. The molecule has 0 radical (unpaired) electrons. The molecule has 0 unspecified atom stereocenters. The highest BCUT2D eigenvalue weighted by molar-refractivity contribution is 5.63. The van der Waals surface area contributed by atoms with Crippen LogP contribution in [0.4, 0.5) is 13.2 Å². The van der Waals surface area contributed by atoms with Crippen LogP contribution in [0.25, 0.3) is 0 Å². The summed E-state index contributed by atoms with van der Waals surface area (Å²) in [5.74, 6) is 0. The third kappa shape index (κ3) is 6.53. The maximum absolute atomic E-state index is 11.8. The molecule has 0 saturated carbocycles. The van der Waals surface area contributed by atoms with Gasteiger partial charge in [0, 0.05) is 6.54 Å². The van der Waals surface area contributed by atoms with Crippen molar-refractivity contribution in [1.29, 1.82) is 0 Å². The second kappa shape index (κ2) is 4.06. The van der Waals surface area contributed by atoms with Gasteiger partial charge in [-0.1, -0.05) is 0 Å². The lowest BCUT2D eigenvalue weighted by Gasteiger charge is -2.25. The summed E-state index contributed by atoms with van der Waals surface area (Å²) in [5.41, 5.74) is 4.14. The van der Waals surface area contributed by atoms with E-state index in [4.69, 9.17) is 5.73 Å². The van der Waals surface area contributed by atoms with Crippen molar-refractivity contribution in [1.82, 2.24) is 4.90 Å². The minimum absolute atomic E-state index is 0.115. The standard InChI is InChI=1S/C7H13F3N2O/c1-6(11,5-13)3-12(2)4-7(8,9)10/h5H,3-4,11H2,1-2H3/t6-/m0/s1. The van der Waals surface area contributed by atoms with E-state index in [1.807, 2.05) is 0 Å². The zero-order valence-corrected chi connectivity index (χ0v) is 7.56. The van der Waals surface area contributed by atoms with Gasteiger partial charge in [-0.3, -0.25) is 4.90 Å². The highest BCUT2D eigenvalue weighted by atomic mass is 19.4. The Labute approximate surface area is 74.7 Å². The lowest BCUT2D eigenvalue weighted by Crippen LogP contribution is -2.49. The predicted molar refractivity (Wildman–Crippen MR) is 42.2 cm³/mol. The monoisotopic (exact) mass is 198 g/mol. The molecule has 1 atom stereocenters. The van der Waals surface area contributed by atoms with E-state index in [1.165, 1.54) is 14.0 Å². The molecule has 13 heavy (non-hydrogen) atoms. The summed E-state index contributed by atoms with van der Waals surface area (Å²) in [6.07, 6.45) is -3.81. The number of likely N-dealkylation sites (N-methyl/N-ethyl adjacent to an activating group) is 1. The Morgan fingerprint density at radius 2 is 1.85 bits per heavy atom. The molecule has 0 fully saturated rings. The van der Waals surface area contributed by atoms with Crippen molar-refractivity contribution in [3.8, 4) is 0 Å². The molecule has 0 rings (SSSR count). The van der Waals surface area contributed by atoms with Gasteiger partial charge in [-0.2, -0.15) is 13.2 Å². The van der Waals surface area contributed by atoms with Crippen LogP contribution in [0.5, 0.6) is 0 Å². The molecule has 0 saturated heterocycles. The van der Waals surface area contributed by atoms with E-state index in [0.717, 1.165) is 4.90 Å². The first-order valence-corrected chi connectivity index (χ1v) is 3.67. The summed E-state index contributed by atoms with van der Waals surface area (Å²) < 4.78 is 35.4. The smallest absolute Gasteiger partial charge is 0.318 e. The minimum Gasteiger partial charge on any atom is -0.318 e. The number of hydrogen-bond donors (Lipinski definition) is 1. The van der Waals surface area contributed by atoms with Crippen LogP contribution in [0.3, 0.4) is 0 Å². The molecule has 0 aromatic heterocycles. The van der Waals surface area contributed by atoms with Crippen molar-refractivity contribution in [2.45, 2.75) is 18.6 Å². The van der Waals surface area contributed by atoms with Gasteiger partial charge in [0.25, 0.3) is 0 Å². The van der Waals surface area contributed by atoms with E-state index in [0.29, 0.717) is 6.29 Å². The number of carbonyl (C=O) groups excluding carboxylic acids is 1. The van der Waals surface area contributed by atoms with Gasteiger partial charge in [0.15, 0.2) is 0 Å². The van der Waals surface area contributed by atoms with Gasteiger partial charge in [0.05, 0.1) is 12.1 Å². The van der Waals surface area contributed by atoms with Gasteiger partial charge in [0.1, 0.15) is 6.29 Å². The van der Waals surface area contributed by atoms with Crippen molar-refractivity contribution in [2.75, 3.05) is 20.1 Å². The Morgan fingerprint density at radius 3 is 2.15 bits per heavy atom. The second-order valence-electron chi connectivity index (χ2n) is 3.41. The van der Waals surface area contributed by atoms with Crippen LogP contribution >= 0.6 is 0 Å². The lowest BCUT2D eigenvalue weighted by molar-refractivity contribution is -0.145. The number of hydrogen-bond acceptors (Lipinski definition) is 3. The van der Waals surface area contributed by atoms with Gasteiger partial charge in [0.2, 0.25) is 0 Å². The first kappa shape index (κ1) is 12.4. The Balaban J connectivity index is 4.01. The molecule has 0 amide bonds. The first-order valence-electron chi connectivity index (χ1n) is 3.67.